The molecule has 0 saturated carbocycles. The first-order chi connectivity index (χ1) is 13.0. The number of nitrogens with zero attached hydrogens (tertiary/aromatic N) is 2. The Morgan fingerprint density at radius 3 is 2.59 bits per heavy atom. The molecule has 27 heavy (non-hydrogen) atoms. The third-order valence-electron chi connectivity index (χ3n) is 4.19. The highest BCUT2D eigenvalue weighted by atomic mass is 35.5. The largest absolute Gasteiger partial charge is 0.506 e. The molecule has 1 amide bonds. The lowest BCUT2D eigenvalue weighted by atomic mass is 10.1. The van der Waals surface area contributed by atoms with Crippen LogP contribution in [0.5, 0.6) is 5.75 Å². The van der Waals surface area contributed by atoms with E-state index in [0.717, 1.165) is 5.56 Å². The number of amides is 1. The zero-order valence-corrected chi connectivity index (χ0v) is 15.0. The summed E-state index contributed by atoms with van der Waals surface area (Å²) in [4.78, 5) is 25.4. The van der Waals surface area contributed by atoms with Gasteiger partial charge in [-0.3, -0.25) is 9.59 Å². The fourth-order valence-corrected chi connectivity index (χ4v) is 2.98. The van der Waals surface area contributed by atoms with Crippen LogP contribution in [0.25, 0.3) is 10.9 Å². The lowest BCUT2D eigenvalue weighted by Gasteiger charge is -2.14. The predicted octanol–water partition coefficient (Wildman–Crippen LogP) is 3.20. The number of nitriles is 1. The SMILES string of the molecule is N#CCCn1c(=O)c(C(=O)NCc2ccc(Cl)cc2)c(O)c2ccccc21. The molecule has 0 saturated heterocycles. The van der Waals surface area contributed by atoms with Crippen LogP contribution in [0.1, 0.15) is 22.3 Å². The van der Waals surface area contributed by atoms with Gasteiger partial charge in [-0.05, 0) is 29.8 Å². The molecule has 0 aliphatic carbocycles. The second-order valence-corrected chi connectivity index (χ2v) is 6.35. The maximum absolute atomic E-state index is 12.8. The summed E-state index contributed by atoms with van der Waals surface area (Å²) in [5, 5.41) is 23.0. The first kappa shape index (κ1) is 18.5. The van der Waals surface area contributed by atoms with Crippen LogP contribution in [0.4, 0.5) is 0 Å². The molecule has 3 rings (SSSR count). The summed E-state index contributed by atoms with van der Waals surface area (Å²) in [6.45, 7) is 0.313. The molecule has 0 atom stereocenters. The summed E-state index contributed by atoms with van der Waals surface area (Å²) in [6.07, 6.45) is 0.112. The maximum atomic E-state index is 12.8. The number of carbonyl (C=O) groups excluding carboxylic acids is 1. The summed E-state index contributed by atoms with van der Waals surface area (Å²) in [7, 11) is 0. The van der Waals surface area contributed by atoms with Gasteiger partial charge in [0.25, 0.3) is 11.5 Å². The molecule has 3 aromatic rings. The van der Waals surface area contributed by atoms with Crippen LogP contribution in [0, 0.1) is 11.3 Å². The standard InChI is InChI=1S/C20H16ClN3O3/c21-14-8-6-13(7-9-14)12-23-19(26)17-18(25)15-4-1-2-5-16(15)24(20(17)27)11-3-10-22/h1-2,4-9,25H,3,11-12H2,(H,23,26). The van der Waals surface area contributed by atoms with Gasteiger partial charge in [-0.1, -0.05) is 35.9 Å². The highest BCUT2D eigenvalue weighted by molar-refractivity contribution is 6.30. The maximum Gasteiger partial charge on any atom is 0.267 e. The number of rotatable bonds is 5. The van der Waals surface area contributed by atoms with E-state index in [-0.39, 0.29) is 30.8 Å². The Balaban J connectivity index is 1.99. The second-order valence-electron chi connectivity index (χ2n) is 5.91. The van der Waals surface area contributed by atoms with E-state index in [1.54, 1.807) is 48.5 Å². The summed E-state index contributed by atoms with van der Waals surface area (Å²) in [5.74, 6) is -1.04. The molecule has 0 bridgehead atoms. The number of hydrogen-bond acceptors (Lipinski definition) is 4. The minimum Gasteiger partial charge on any atom is -0.506 e. The van der Waals surface area contributed by atoms with Crippen molar-refractivity contribution in [3.05, 3.63) is 75.0 Å². The molecule has 2 aromatic carbocycles. The van der Waals surface area contributed by atoms with E-state index in [2.05, 4.69) is 5.32 Å². The number of aromatic hydroxyl groups is 1. The van der Waals surface area contributed by atoms with Crippen molar-refractivity contribution >= 4 is 28.4 Å². The van der Waals surface area contributed by atoms with Gasteiger partial charge < -0.3 is 15.0 Å². The second kappa shape index (κ2) is 7.94. The molecule has 7 heteroatoms. The van der Waals surface area contributed by atoms with Crippen molar-refractivity contribution in [3.8, 4) is 11.8 Å². The van der Waals surface area contributed by atoms with E-state index in [9.17, 15) is 14.7 Å². The number of benzene rings is 2. The van der Waals surface area contributed by atoms with E-state index in [1.807, 2.05) is 6.07 Å². The number of carbonyl (C=O) groups is 1. The van der Waals surface area contributed by atoms with E-state index < -0.39 is 11.5 Å². The Labute approximate surface area is 160 Å². The fraction of sp³-hybridized carbons (Fsp3) is 0.150. The summed E-state index contributed by atoms with van der Waals surface area (Å²) in [5.41, 5.74) is 0.318. The van der Waals surface area contributed by atoms with Crippen LogP contribution in [-0.2, 0) is 13.1 Å². The predicted molar refractivity (Wildman–Crippen MR) is 103 cm³/mol. The Hall–Kier alpha value is -3.30. The number of aromatic nitrogens is 1. The van der Waals surface area contributed by atoms with Crippen molar-refractivity contribution in [1.82, 2.24) is 9.88 Å². The van der Waals surface area contributed by atoms with Crippen molar-refractivity contribution in [2.75, 3.05) is 0 Å². The molecular weight excluding hydrogens is 366 g/mol. The van der Waals surface area contributed by atoms with Crippen LogP contribution in [0.15, 0.2) is 53.3 Å². The van der Waals surface area contributed by atoms with Gasteiger partial charge in [-0.2, -0.15) is 5.26 Å². The van der Waals surface area contributed by atoms with Crippen LogP contribution in [0.2, 0.25) is 5.02 Å². The molecule has 0 aliphatic heterocycles. The lowest BCUT2D eigenvalue weighted by Crippen LogP contribution is -2.33. The van der Waals surface area contributed by atoms with Crippen LogP contribution >= 0.6 is 11.6 Å². The molecule has 0 spiro atoms. The van der Waals surface area contributed by atoms with E-state index in [1.165, 1.54) is 4.57 Å². The minimum atomic E-state index is -0.677. The Morgan fingerprint density at radius 1 is 1.19 bits per heavy atom. The number of para-hydroxylation sites is 1. The van der Waals surface area contributed by atoms with Crippen molar-refractivity contribution in [2.24, 2.45) is 0 Å². The molecule has 2 N–H and O–H groups in total. The van der Waals surface area contributed by atoms with Crippen molar-refractivity contribution in [3.63, 3.8) is 0 Å². The first-order valence-electron chi connectivity index (χ1n) is 8.27. The normalized spacial score (nSPS) is 10.5. The van der Waals surface area contributed by atoms with Crippen molar-refractivity contribution in [2.45, 2.75) is 19.5 Å². The number of fused-ring (bicyclic) bond motifs is 1. The van der Waals surface area contributed by atoms with Gasteiger partial charge in [-0.15, -0.1) is 0 Å². The smallest absolute Gasteiger partial charge is 0.267 e. The molecule has 0 fully saturated rings. The third kappa shape index (κ3) is 3.78. The van der Waals surface area contributed by atoms with E-state index in [0.29, 0.717) is 15.9 Å². The molecule has 6 nitrogen and oxygen atoms in total. The van der Waals surface area contributed by atoms with E-state index in [4.69, 9.17) is 16.9 Å². The Morgan fingerprint density at radius 2 is 1.89 bits per heavy atom. The van der Waals surface area contributed by atoms with Crippen molar-refractivity contribution < 1.29 is 9.90 Å². The van der Waals surface area contributed by atoms with Gasteiger partial charge >= 0.3 is 0 Å². The molecule has 0 unspecified atom stereocenters. The zero-order valence-electron chi connectivity index (χ0n) is 14.3. The highest BCUT2D eigenvalue weighted by Gasteiger charge is 2.21. The molecule has 1 heterocycles. The highest BCUT2D eigenvalue weighted by Crippen LogP contribution is 2.26. The van der Waals surface area contributed by atoms with Crippen LogP contribution < -0.4 is 10.9 Å². The number of aryl methyl sites for hydroxylation is 1. The third-order valence-corrected chi connectivity index (χ3v) is 4.44. The number of pyridine rings is 1. The van der Waals surface area contributed by atoms with Gasteiger partial charge in [0, 0.05) is 23.5 Å². The van der Waals surface area contributed by atoms with Crippen molar-refractivity contribution in [1.29, 1.82) is 5.26 Å². The Kier molecular flexibility index (Phi) is 5.43. The van der Waals surface area contributed by atoms with Gasteiger partial charge in [0.1, 0.15) is 11.3 Å². The van der Waals surface area contributed by atoms with Crippen LogP contribution in [0.3, 0.4) is 0 Å². The summed E-state index contributed by atoms with van der Waals surface area (Å²) >= 11 is 5.84. The first-order valence-corrected chi connectivity index (χ1v) is 8.65. The molecule has 0 radical (unpaired) electrons. The fourth-order valence-electron chi connectivity index (χ4n) is 2.85. The van der Waals surface area contributed by atoms with Gasteiger partial charge in [-0.25, -0.2) is 0 Å². The average molecular weight is 382 g/mol. The minimum absolute atomic E-state index is 0.112. The van der Waals surface area contributed by atoms with Gasteiger partial charge in [0.15, 0.2) is 0 Å². The topological polar surface area (TPSA) is 95.1 Å². The monoisotopic (exact) mass is 381 g/mol. The molecule has 0 aliphatic rings. The van der Waals surface area contributed by atoms with Gasteiger partial charge in [0.05, 0.1) is 18.0 Å². The number of halogens is 1. The summed E-state index contributed by atoms with van der Waals surface area (Å²) in [6, 6.07) is 15.6. The van der Waals surface area contributed by atoms with Gasteiger partial charge in [0.2, 0.25) is 0 Å². The lowest BCUT2D eigenvalue weighted by molar-refractivity contribution is 0.0946. The molecule has 1 aromatic heterocycles. The molecule has 136 valence electrons. The summed E-state index contributed by atoms with van der Waals surface area (Å²) < 4.78 is 1.34. The average Bonchev–Trinajstić information content (AvgIpc) is 2.67. The number of nitrogens with one attached hydrogen (secondary N) is 1. The Bertz CT molecular complexity index is 1100. The van der Waals surface area contributed by atoms with Crippen LogP contribution in [-0.4, -0.2) is 15.6 Å². The number of hydrogen-bond donors (Lipinski definition) is 2. The zero-order chi connectivity index (χ0) is 19.4. The quantitative estimate of drug-likeness (QED) is 0.709. The molecular formula is C20H16ClN3O3. The van der Waals surface area contributed by atoms with E-state index >= 15 is 0 Å².